The molecular formula is C12H12N4O3. The molecule has 0 fully saturated rings. The smallest absolute Gasteiger partial charge is 0.269 e. The average molecular weight is 260 g/mol. The summed E-state index contributed by atoms with van der Waals surface area (Å²) < 4.78 is 1.23. The summed E-state index contributed by atoms with van der Waals surface area (Å²) in [6.45, 7) is 1.86. The number of aromatic nitrogens is 2. The summed E-state index contributed by atoms with van der Waals surface area (Å²) in [5, 5.41) is 14.8. The third kappa shape index (κ3) is 2.76. The molecule has 0 aliphatic heterocycles. The van der Waals surface area contributed by atoms with Crippen LogP contribution in [0.15, 0.2) is 35.1 Å². The molecule has 2 aromatic rings. The van der Waals surface area contributed by atoms with E-state index in [2.05, 4.69) is 5.10 Å². The lowest BCUT2D eigenvalue weighted by Gasteiger charge is -2.07. The second kappa shape index (κ2) is 4.89. The summed E-state index contributed by atoms with van der Waals surface area (Å²) in [5.41, 5.74) is 6.98. The number of aryl methyl sites for hydroxylation is 1. The summed E-state index contributed by atoms with van der Waals surface area (Å²) in [5.74, 6) is 0. The first-order valence-electron chi connectivity index (χ1n) is 5.55. The van der Waals surface area contributed by atoms with Crippen molar-refractivity contribution in [2.75, 3.05) is 5.73 Å². The Morgan fingerprint density at radius 2 is 2.11 bits per heavy atom. The van der Waals surface area contributed by atoms with Crippen LogP contribution in [0.25, 0.3) is 0 Å². The first-order valence-corrected chi connectivity index (χ1v) is 5.55. The number of anilines is 1. The van der Waals surface area contributed by atoms with Crippen LogP contribution in [0.2, 0.25) is 0 Å². The van der Waals surface area contributed by atoms with E-state index in [-0.39, 0.29) is 17.8 Å². The number of rotatable bonds is 3. The molecule has 2 rings (SSSR count). The minimum Gasteiger partial charge on any atom is -0.398 e. The van der Waals surface area contributed by atoms with Crippen LogP contribution in [-0.4, -0.2) is 14.7 Å². The molecule has 0 amide bonds. The Hall–Kier alpha value is -2.70. The fourth-order valence-electron chi connectivity index (χ4n) is 1.67. The number of nitro groups is 1. The van der Waals surface area contributed by atoms with Crippen molar-refractivity contribution in [1.29, 1.82) is 0 Å². The van der Waals surface area contributed by atoms with Crippen molar-refractivity contribution in [1.82, 2.24) is 9.78 Å². The lowest BCUT2D eigenvalue weighted by molar-refractivity contribution is -0.384. The lowest BCUT2D eigenvalue weighted by Crippen LogP contribution is -2.23. The highest BCUT2D eigenvalue weighted by Crippen LogP contribution is 2.19. The molecule has 0 radical (unpaired) electrons. The van der Waals surface area contributed by atoms with Crippen LogP contribution < -0.4 is 11.3 Å². The number of nitrogen functional groups attached to an aromatic ring is 1. The molecule has 1 aromatic carbocycles. The van der Waals surface area contributed by atoms with Gasteiger partial charge >= 0.3 is 0 Å². The number of nitrogens with zero attached hydrogens (tertiary/aromatic N) is 3. The third-order valence-electron chi connectivity index (χ3n) is 2.66. The minimum absolute atomic E-state index is 0.0649. The largest absolute Gasteiger partial charge is 0.398 e. The van der Waals surface area contributed by atoms with Gasteiger partial charge in [-0.3, -0.25) is 14.9 Å². The molecule has 0 aliphatic carbocycles. The van der Waals surface area contributed by atoms with E-state index in [9.17, 15) is 14.9 Å². The van der Waals surface area contributed by atoms with Crippen molar-refractivity contribution in [2.24, 2.45) is 0 Å². The maximum Gasteiger partial charge on any atom is 0.269 e. The van der Waals surface area contributed by atoms with E-state index in [0.29, 0.717) is 16.9 Å². The standard InChI is InChI=1S/C12H12N4O3/c1-8-2-5-12(17)15(14-8)7-9-6-10(16(18)19)3-4-11(9)13/h2-6H,7,13H2,1H3. The molecule has 0 bridgehead atoms. The summed E-state index contributed by atoms with van der Waals surface area (Å²) in [6, 6.07) is 7.14. The highest BCUT2D eigenvalue weighted by molar-refractivity contribution is 5.52. The van der Waals surface area contributed by atoms with Gasteiger partial charge in [-0.1, -0.05) is 0 Å². The van der Waals surface area contributed by atoms with Crippen molar-refractivity contribution in [3.63, 3.8) is 0 Å². The molecule has 1 aromatic heterocycles. The summed E-state index contributed by atoms with van der Waals surface area (Å²) in [6.07, 6.45) is 0. The highest BCUT2D eigenvalue weighted by atomic mass is 16.6. The second-order valence-electron chi connectivity index (χ2n) is 4.11. The number of hydrogen-bond donors (Lipinski definition) is 1. The summed E-state index contributed by atoms with van der Waals surface area (Å²) in [7, 11) is 0. The van der Waals surface area contributed by atoms with Gasteiger partial charge in [0, 0.05) is 29.4 Å². The molecule has 0 unspecified atom stereocenters. The normalized spacial score (nSPS) is 10.4. The van der Waals surface area contributed by atoms with Gasteiger partial charge in [-0.15, -0.1) is 0 Å². The maximum absolute atomic E-state index is 11.6. The van der Waals surface area contributed by atoms with Gasteiger partial charge in [0.1, 0.15) is 0 Å². The van der Waals surface area contributed by atoms with Crippen LogP contribution in [0, 0.1) is 17.0 Å². The third-order valence-corrected chi connectivity index (χ3v) is 2.66. The fourth-order valence-corrected chi connectivity index (χ4v) is 1.67. The monoisotopic (exact) mass is 260 g/mol. The Bertz CT molecular complexity index is 694. The van der Waals surface area contributed by atoms with Gasteiger partial charge in [0.25, 0.3) is 11.2 Å². The zero-order valence-corrected chi connectivity index (χ0v) is 10.2. The van der Waals surface area contributed by atoms with Crippen molar-refractivity contribution >= 4 is 11.4 Å². The van der Waals surface area contributed by atoms with E-state index >= 15 is 0 Å². The quantitative estimate of drug-likeness (QED) is 0.505. The van der Waals surface area contributed by atoms with Gasteiger partial charge < -0.3 is 5.73 Å². The average Bonchev–Trinajstić information content (AvgIpc) is 2.36. The summed E-state index contributed by atoms with van der Waals surface area (Å²) >= 11 is 0. The maximum atomic E-state index is 11.6. The van der Waals surface area contributed by atoms with Crippen LogP contribution in [0.3, 0.4) is 0 Å². The highest BCUT2D eigenvalue weighted by Gasteiger charge is 2.10. The molecule has 0 aliphatic rings. The number of hydrogen-bond acceptors (Lipinski definition) is 5. The van der Waals surface area contributed by atoms with E-state index < -0.39 is 4.92 Å². The van der Waals surface area contributed by atoms with E-state index in [0.717, 1.165) is 0 Å². The first kappa shape index (κ1) is 12.7. The second-order valence-corrected chi connectivity index (χ2v) is 4.11. The molecule has 7 heteroatoms. The molecule has 0 spiro atoms. The molecular weight excluding hydrogens is 248 g/mol. The van der Waals surface area contributed by atoms with Gasteiger partial charge in [-0.2, -0.15) is 5.10 Å². The predicted octanol–water partition coefficient (Wildman–Crippen LogP) is 1.09. The SMILES string of the molecule is Cc1ccc(=O)n(Cc2cc([N+](=O)[O-])ccc2N)n1. The molecule has 0 atom stereocenters. The molecule has 0 saturated carbocycles. The van der Waals surface area contributed by atoms with Crippen LogP contribution in [0.1, 0.15) is 11.3 Å². The van der Waals surface area contributed by atoms with E-state index in [1.807, 2.05) is 0 Å². The minimum atomic E-state index is -0.505. The zero-order valence-electron chi connectivity index (χ0n) is 10.2. The van der Waals surface area contributed by atoms with Gasteiger partial charge in [0.15, 0.2) is 0 Å². The van der Waals surface area contributed by atoms with Gasteiger partial charge in [0.2, 0.25) is 0 Å². The Balaban J connectivity index is 2.43. The number of non-ortho nitro benzene ring substituents is 1. The van der Waals surface area contributed by atoms with Crippen molar-refractivity contribution in [3.8, 4) is 0 Å². The van der Waals surface area contributed by atoms with Gasteiger partial charge in [-0.05, 0) is 19.1 Å². The van der Waals surface area contributed by atoms with Crippen LogP contribution in [0.4, 0.5) is 11.4 Å². The Kier molecular flexibility index (Phi) is 3.28. The molecule has 19 heavy (non-hydrogen) atoms. The van der Waals surface area contributed by atoms with Crippen LogP contribution in [0.5, 0.6) is 0 Å². The number of benzene rings is 1. The van der Waals surface area contributed by atoms with Crippen LogP contribution >= 0.6 is 0 Å². The zero-order chi connectivity index (χ0) is 14.0. The fraction of sp³-hybridized carbons (Fsp3) is 0.167. The Labute approximate surface area is 108 Å². The van der Waals surface area contributed by atoms with E-state index in [4.69, 9.17) is 5.73 Å². The molecule has 0 saturated heterocycles. The Morgan fingerprint density at radius 1 is 1.37 bits per heavy atom. The van der Waals surface area contributed by atoms with Crippen molar-refractivity contribution in [3.05, 3.63) is 62.1 Å². The molecule has 2 N–H and O–H groups in total. The molecule has 7 nitrogen and oxygen atoms in total. The van der Waals surface area contributed by atoms with Crippen molar-refractivity contribution < 1.29 is 4.92 Å². The number of nitro benzene ring substituents is 1. The summed E-state index contributed by atoms with van der Waals surface area (Å²) in [4.78, 5) is 21.8. The Morgan fingerprint density at radius 3 is 2.79 bits per heavy atom. The molecule has 98 valence electrons. The van der Waals surface area contributed by atoms with E-state index in [1.165, 1.54) is 28.9 Å². The van der Waals surface area contributed by atoms with E-state index in [1.54, 1.807) is 13.0 Å². The first-order chi connectivity index (χ1) is 8.97. The number of nitrogens with two attached hydrogens (primary N) is 1. The topological polar surface area (TPSA) is 104 Å². The van der Waals surface area contributed by atoms with Gasteiger partial charge in [-0.25, -0.2) is 4.68 Å². The van der Waals surface area contributed by atoms with Crippen LogP contribution in [-0.2, 0) is 6.54 Å². The van der Waals surface area contributed by atoms with Crippen molar-refractivity contribution in [2.45, 2.75) is 13.5 Å². The predicted molar refractivity (Wildman–Crippen MR) is 69.8 cm³/mol. The molecule has 1 heterocycles. The lowest BCUT2D eigenvalue weighted by atomic mass is 10.1. The van der Waals surface area contributed by atoms with Gasteiger partial charge in [0.05, 0.1) is 17.2 Å².